The number of unbranched alkanes of at least 4 members (excludes halogenated alkanes) is 2. The molecule has 0 aliphatic carbocycles. The highest BCUT2D eigenvalue weighted by molar-refractivity contribution is 4.60. The molecular weight excluding hydrogens is 152 g/mol. The van der Waals surface area contributed by atoms with Crippen LogP contribution in [0, 0.1) is 0 Å². The van der Waals surface area contributed by atoms with Gasteiger partial charge in [-0.2, -0.15) is 0 Å². The first-order valence-electron chi connectivity index (χ1n) is 4.49. The quantitative estimate of drug-likeness (QED) is 0.473. The van der Waals surface area contributed by atoms with Crippen molar-refractivity contribution in [1.82, 2.24) is 4.73 Å². The predicted molar refractivity (Wildman–Crippen MR) is 46.6 cm³/mol. The normalized spacial score (nSPS) is 10.2. The lowest BCUT2D eigenvalue weighted by atomic mass is 10.3. The smallest absolute Gasteiger partial charge is 0.284 e. The lowest BCUT2D eigenvalue weighted by Crippen LogP contribution is -2.25. The molecule has 1 aromatic rings. The van der Waals surface area contributed by atoms with Gasteiger partial charge in [-0.3, -0.25) is 0 Å². The van der Waals surface area contributed by atoms with Crippen LogP contribution >= 0.6 is 0 Å². The standard InChI is InChI=1S/C9H17N2O/c1-3-4-5-8-12-11-7-6-10(2)9-11/h6-7,9H,3-5,8H2,1-2H3/q+1. The molecule has 0 aliphatic rings. The van der Waals surface area contributed by atoms with E-state index >= 15 is 0 Å². The summed E-state index contributed by atoms with van der Waals surface area (Å²) in [4.78, 5) is 5.42. The van der Waals surface area contributed by atoms with E-state index in [1.54, 1.807) is 4.73 Å². The summed E-state index contributed by atoms with van der Waals surface area (Å²) >= 11 is 0. The summed E-state index contributed by atoms with van der Waals surface area (Å²) in [5, 5.41) is 0. The van der Waals surface area contributed by atoms with E-state index in [9.17, 15) is 0 Å². The van der Waals surface area contributed by atoms with Crippen LogP contribution < -0.4 is 9.40 Å². The Morgan fingerprint density at radius 1 is 1.42 bits per heavy atom. The van der Waals surface area contributed by atoms with Crippen molar-refractivity contribution in [1.29, 1.82) is 0 Å². The van der Waals surface area contributed by atoms with E-state index in [0.717, 1.165) is 13.0 Å². The molecule has 0 atom stereocenters. The van der Waals surface area contributed by atoms with Gasteiger partial charge < -0.3 is 4.84 Å². The minimum atomic E-state index is 0.808. The molecular formula is C9H17N2O+. The Morgan fingerprint density at radius 2 is 2.25 bits per heavy atom. The van der Waals surface area contributed by atoms with Gasteiger partial charge in [0.15, 0.2) is 6.20 Å². The van der Waals surface area contributed by atoms with Gasteiger partial charge in [-0.25, -0.2) is 4.57 Å². The van der Waals surface area contributed by atoms with Crippen molar-refractivity contribution in [3.63, 3.8) is 0 Å². The largest absolute Gasteiger partial charge is 0.336 e. The molecule has 0 spiro atoms. The Balaban J connectivity index is 2.15. The molecule has 68 valence electrons. The fraction of sp³-hybridized carbons (Fsp3) is 0.667. The molecule has 0 fully saturated rings. The highest BCUT2D eigenvalue weighted by Crippen LogP contribution is 1.92. The van der Waals surface area contributed by atoms with Crippen LogP contribution in [0.25, 0.3) is 0 Å². The molecule has 0 aliphatic heterocycles. The van der Waals surface area contributed by atoms with Crippen LogP contribution in [-0.2, 0) is 7.05 Å². The van der Waals surface area contributed by atoms with Crippen LogP contribution in [0.1, 0.15) is 26.2 Å². The molecule has 3 heteroatoms. The van der Waals surface area contributed by atoms with Crippen LogP contribution in [0.15, 0.2) is 18.7 Å². The first kappa shape index (κ1) is 9.10. The van der Waals surface area contributed by atoms with Gasteiger partial charge >= 0.3 is 0 Å². The molecule has 0 bridgehead atoms. The molecule has 12 heavy (non-hydrogen) atoms. The van der Waals surface area contributed by atoms with Crippen LogP contribution in [0.4, 0.5) is 0 Å². The number of aromatic nitrogens is 2. The van der Waals surface area contributed by atoms with E-state index in [0.29, 0.717) is 0 Å². The molecule has 0 N–H and O–H groups in total. The lowest BCUT2D eigenvalue weighted by Gasteiger charge is -1.97. The van der Waals surface area contributed by atoms with Gasteiger partial charge in [-0.15, -0.1) is 0 Å². The Labute approximate surface area is 73.5 Å². The highest BCUT2D eigenvalue weighted by Gasteiger charge is 1.98. The Bertz CT molecular complexity index is 220. The minimum absolute atomic E-state index is 0.808. The molecule has 1 aromatic heterocycles. The average molecular weight is 169 g/mol. The van der Waals surface area contributed by atoms with Crippen LogP contribution in [0.3, 0.4) is 0 Å². The maximum absolute atomic E-state index is 5.42. The average Bonchev–Trinajstić information content (AvgIpc) is 2.45. The van der Waals surface area contributed by atoms with E-state index < -0.39 is 0 Å². The van der Waals surface area contributed by atoms with Crippen molar-refractivity contribution in [3.8, 4) is 0 Å². The predicted octanol–water partition coefficient (Wildman–Crippen LogP) is 0.931. The summed E-state index contributed by atoms with van der Waals surface area (Å²) < 4.78 is 3.70. The zero-order valence-corrected chi connectivity index (χ0v) is 7.86. The minimum Gasteiger partial charge on any atom is -0.336 e. The van der Waals surface area contributed by atoms with Crippen molar-refractivity contribution in [2.75, 3.05) is 6.61 Å². The summed E-state index contributed by atoms with van der Waals surface area (Å²) in [6.45, 7) is 3.00. The summed E-state index contributed by atoms with van der Waals surface area (Å²) in [5.74, 6) is 0. The van der Waals surface area contributed by atoms with E-state index in [1.165, 1.54) is 12.8 Å². The van der Waals surface area contributed by atoms with Gasteiger partial charge in [-0.1, -0.05) is 24.5 Å². The summed E-state index contributed by atoms with van der Waals surface area (Å²) in [6.07, 6.45) is 9.40. The van der Waals surface area contributed by atoms with Crippen molar-refractivity contribution < 1.29 is 9.40 Å². The molecule has 0 radical (unpaired) electrons. The Morgan fingerprint density at radius 3 is 2.83 bits per heavy atom. The van der Waals surface area contributed by atoms with Crippen molar-refractivity contribution in [2.24, 2.45) is 7.05 Å². The van der Waals surface area contributed by atoms with Gasteiger partial charge in [0.2, 0.25) is 0 Å². The monoisotopic (exact) mass is 169 g/mol. The Hall–Kier alpha value is -0.990. The zero-order valence-electron chi connectivity index (χ0n) is 7.86. The first-order valence-corrected chi connectivity index (χ1v) is 4.49. The number of hydrogen-bond donors (Lipinski definition) is 0. The fourth-order valence-corrected chi connectivity index (χ4v) is 1.03. The number of imidazole rings is 1. The number of hydrogen-bond acceptors (Lipinski definition) is 1. The number of aryl methyl sites for hydroxylation is 1. The van der Waals surface area contributed by atoms with Crippen LogP contribution in [0.5, 0.6) is 0 Å². The third kappa shape index (κ3) is 2.95. The van der Waals surface area contributed by atoms with E-state index in [1.807, 2.05) is 30.3 Å². The summed E-state index contributed by atoms with van der Waals surface area (Å²) in [6, 6.07) is 0. The summed E-state index contributed by atoms with van der Waals surface area (Å²) in [7, 11) is 1.98. The number of nitrogens with zero attached hydrogens (tertiary/aromatic N) is 2. The van der Waals surface area contributed by atoms with E-state index in [4.69, 9.17) is 4.84 Å². The second-order valence-electron chi connectivity index (χ2n) is 2.98. The molecule has 0 saturated carbocycles. The maximum Gasteiger partial charge on any atom is 0.284 e. The lowest BCUT2D eigenvalue weighted by molar-refractivity contribution is -0.672. The van der Waals surface area contributed by atoms with E-state index in [-0.39, 0.29) is 0 Å². The summed E-state index contributed by atoms with van der Waals surface area (Å²) in [5.41, 5.74) is 0. The SMILES string of the molecule is CCCCCOn1cc[n+](C)c1. The van der Waals surface area contributed by atoms with Gasteiger partial charge in [0.05, 0.1) is 7.05 Å². The van der Waals surface area contributed by atoms with E-state index in [2.05, 4.69) is 6.92 Å². The molecule has 3 nitrogen and oxygen atoms in total. The molecule has 0 unspecified atom stereocenters. The second kappa shape index (κ2) is 4.80. The van der Waals surface area contributed by atoms with Crippen molar-refractivity contribution in [2.45, 2.75) is 26.2 Å². The zero-order chi connectivity index (χ0) is 8.81. The van der Waals surface area contributed by atoms with Gasteiger partial charge in [0, 0.05) is 0 Å². The topological polar surface area (TPSA) is 18.0 Å². The molecule has 1 heterocycles. The molecule has 0 amide bonds. The first-order chi connectivity index (χ1) is 5.83. The Kier molecular flexibility index (Phi) is 3.64. The molecule has 1 rings (SSSR count). The molecule has 0 saturated heterocycles. The fourth-order valence-electron chi connectivity index (χ4n) is 1.03. The van der Waals surface area contributed by atoms with Crippen molar-refractivity contribution in [3.05, 3.63) is 18.7 Å². The molecule has 0 aromatic carbocycles. The highest BCUT2D eigenvalue weighted by atomic mass is 16.7. The van der Waals surface area contributed by atoms with Crippen LogP contribution in [0.2, 0.25) is 0 Å². The third-order valence-corrected chi connectivity index (χ3v) is 1.73. The third-order valence-electron chi connectivity index (χ3n) is 1.73. The number of rotatable bonds is 5. The van der Waals surface area contributed by atoms with Gasteiger partial charge in [0.1, 0.15) is 12.8 Å². The van der Waals surface area contributed by atoms with Crippen molar-refractivity contribution >= 4 is 0 Å². The maximum atomic E-state index is 5.42. The van der Waals surface area contributed by atoms with Gasteiger partial charge in [0.25, 0.3) is 6.33 Å². The second-order valence-corrected chi connectivity index (χ2v) is 2.98. The van der Waals surface area contributed by atoms with Crippen LogP contribution in [-0.4, -0.2) is 11.3 Å². The van der Waals surface area contributed by atoms with Gasteiger partial charge in [-0.05, 0) is 6.42 Å².